The lowest BCUT2D eigenvalue weighted by Crippen LogP contribution is -2.36. The van der Waals surface area contributed by atoms with Gasteiger partial charge >= 0.3 is 11.9 Å². The quantitative estimate of drug-likeness (QED) is 0.195. The lowest BCUT2D eigenvalue weighted by atomic mass is 10.1. The molecule has 10 nitrogen and oxygen atoms in total. The number of carbonyl (C=O) groups excluding carboxylic acids is 3. The van der Waals surface area contributed by atoms with Crippen LogP contribution in [0.2, 0.25) is 0 Å². The number of carbonyl (C=O) groups is 3. The van der Waals surface area contributed by atoms with Crippen molar-refractivity contribution in [1.29, 1.82) is 0 Å². The standard InChI is InChI=1S/C26H18F3N3O7S/c1-38-21-11-15(7-9-20(21)39-19-10-8-16(26(27,28)29)13-18(19)32(36)37)12-22-24(34)31(25(35)40-22)14-23(33)30-17-5-3-2-4-6-17/h2-13H,14H2,1H3,(H,30,33)/b22-12+. The van der Waals surface area contributed by atoms with Crippen LogP contribution in [0.1, 0.15) is 11.1 Å². The lowest BCUT2D eigenvalue weighted by molar-refractivity contribution is -0.385. The van der Waals surface area contributed by atoms with Crippen molar-refractivity contribution in [2.24, 2.45) is 0 Å². The Morgan fingerprint density at radius 3 is 2.40 bits per heavy atom. The summed E-state index contributed by atoms with van der Waals surface area (Å²) in [5, 5.41) is 13.3. The number of ether oxygens (including phenoxy) is 2. The topological polar surface area (TPSA) is 128 Å². The van der Waals surface area contributed by atoms with Crippen molar-refractivity contribution >= 4 is 46.3 Å². The molecule has 0 atom stereocenters. The predicted molar refractivity (Wildman–Crippen MR) is 139 cm³/mol. The average molecular weight is 574 g/mol. The fraction of sp³-hybridized carbons (Fsp3) is 0.115. The summed E-state index contributed by atoms with van der Waals surface area (Å²) in [6.45, 7) is -0.487. The van der Waals surface area contributed by atoms with Crippen molar-refractivity contribution in [3.63, 3.8) is 0 Å². The minimum Gasteiger partial charge on any atom is -0.493 e. The predicted octanol–water partition coefficient (Wildman–Crippen LogP) is 6.09. The van der Waals surface area contributed by atoms with Crippen molar-refractivity contribution in [3.05, 3.63) is 92.9 Å². The van der Waals surface area contributed by atoms with Gasteiger partial charge in [0, 0.05) is 11.8 Å². The van der Waals surface area contributed by atoms with Gasteiger partial charge in [-0.1, -0.05) is 24.3 Å². The first-order chi connectivity index (χ1) is 19.0. The number of benzene rings is 3. The molecule has 0 aliphatic carbocycles. The normalized spacial score (nSPS) is 14.4. The van der Waals surface area contributed by atoms with Gasteiger partial charge in [-0.15, -0.1) is 0 Å². The van der Waals surface area contributed by atoms with Crippen LogP contribution in [0.4, 0.5) is 29.3 Å². The molecule has 206 valence electrons. The monoisotopic (exact) mass is 573 g/mol. The summed E-state index contributed by atoms with van der Waals surface area (Å²) in [6.07, 6.45) is -3.40. The Balaban J connectivity index is 1.52. The smallest absolute Gasteiger partial charge is 0.416 e. The number of thioether (sulfide) groups is 1. The Kier molecular flexibility index (Phi) is 8.09. The van der Waals surface area contributed by atoms with Gasteiger partial charge in [0.1, 0.15) is 6.54 Å². The van der Waals surface area contributed by atoms with Crippen molar-refractivity contribution < 1.29 is 42.0 Å². The first kappa shape index (κ1) is 28.2. The number of hydrogen-bond acceptors (Lipinski definition) is 8. The van der Waals surface area contributed by atoms with Crippen LogP contribution in [0.3, 0.4) is 0 Å². The maximum Gasteiger partial charge on any atom is 0.416 e. The summed E-state index contributed by atoms with van der Waals surface area (Å²) in [5.74, 6) is -1.69. The van der Waals surface area contributed by atoms with Gasteiger partial charge in [-0.3, -0.25) is 29.4 Å². The number of nitro benzene ring substituents is 1. The van der Waals surface area contributed by atoms with Gasteiger partial charge in [0.25, 0.3) is 11.1 Å². The minimum absolute atomic E-state index is 0.0339. The molecule has 3 aromatic carbocycles. The molecule has 14 heteroatoms. The zero-order valence-electron chi connectivity index (χ0n) is 20.4. The summed E-state index contributed by atoms with van der Waals surface area (Å²) in [4.78, 5) is 48.7. The second-order valence-corrected chi connectivity index (χ2v) is 9.12. The maximum absolute atomic E-state index is 13.0. The highest BCUT2D eigenvalue weighted by atomic mass is 32.2. The first-order valence-corrected chi connectivity index (χ1v) is 12.1. The van der Waals surface area contributed by atoms with Gasteiger partial charge in [-0.25, -0.2) is 0 Å². The zero-order valence-corrected chi connectivity index (χ0v) is 21.2. The molecule has 40 heavy (non-hydrogen) atoms. The molecule has 1 saturated heterocycles. The van der Waals surface area contributed by atoms with Crippen LogP contribution >= 0.6 is 11.8 Å². The Hall–Kier alpha value is -4.85. The second kappa shape index (κ2) is 11.5. The number of rotatable bonds is 8. The van der Waals surface area contributed by atoms with E-state index in [1.165, 1.54) is 31.4 Å². The van der Waals surface area contributed by atoms with E-state index in [1.807, 2.05) is 0 Å². The number of hydrogen-bond donors (Lipinski definition) is 1. The molecule has 1 fully saturated rings. The Labute approximate surface area is 228 Å². The van der Waals surface area contributed by atoms with Crippen molar-refractivity contribution in [2.45, 2.75) is 6.18 Å². The number of nitrogens with zero attached hydrogens (tertiary/aromatic N) is 2. The number of nitro groups is 1. The third-order valence-electron chi connectivity index (χ3n) is 5.42. The van der Waals surface area contributed by atoms with E-state index in [2.05, 4.69) is 5.32 Å². The molecule has 1 N–H and O–H groups in total. The lowest BCUT2D eigenvalue weighted by Gasteiger charge is -2.13. The summed E-state index contributed by atoms with van der Waals surface area (Å²) >= 11 is 0.633. The van der Waals surface area contributed by atoms with Gasteiger partial charge in [0.05, 0.1) is 22.5 Å². The third-order valence-corrected chi connectivity index (χ3v) is 6.33. The fourth-order valence-corrected chi connectivity index (χ4v) is 4.39. The highest BCUT2D eigenvalue weighted by Gasteiger charge is 2.36. The number of anilines is 1. The average Bonchev–Trinajstić information content (AvgIpc) is 3.16. The SMILES string of the molecule is COc1cc(/C=C2/SC(=O)N(CC(=O)Nc3ccccc3)C2=O)ccc1Oc1ccc(C(F)(F)F)cc1[N+](=O)[O-]. The molecule has 1 heterocycles. The van der Waals surface area contributed by atoms with E-state index < -0.39 is 51.7 Å². The van der Waals surface area contributed by atoms with Crippen molar-refractivity contribution in [3.8, 4) is 17.2 Å². The molecule has 3 aromatic rings. The van der Waals surface area contributed by atoms with Crippen LogP contribution in [-0.2, 0) is 15.8 Å². The molecular formula is C26H18F3N3O7S. The number of nitrogens with one attached hydrogen (secondary N) is 1. The van der Waals surface area contributed by atoms with Crippen LogP contribution in [0.15, 0.2) is 71.6 Å². The van der Waals surface area contributed by atoms with Gasteiger partial charge < -0.3 is 14.8 Å². The number of para-hydroxylation sites is 1. The molecule has 0 radical (unpaired) electrons. The highest BCUT2D eigenvalue weighted by Crippen LogP contribution is 2.41. The summed E-state index contributed by atoms with van der Waals surface area (Å²) in [5.41, 5.74) is -1.22. The van der Waals surface area contributed by atoms with E-state index in [-0.39, 0.29) is 16.4 Å². The van der Waals surface area contributed by atoms with Crippen molar-refractivity contribution in [2.75, 3.05) is 19.0 Å². The zero-order chi connectivity index (χ0) is 29.0. The van der Waals surface area contributed by atoms with E-state index in [9.17, 15) is 37.7 Å². The molecule has 3 amide bonds. The van der Waals surface area contributed by atoms with Gasteiger partial charge in [0.2, 0.25) is 11.7 Å². The largest absolute Gasteiger partial charge is 0.493 e. The number of halogens is 3. The number of imide groups is 1. The van der Waals surface area contributed by atoms with Crippen LogP contribution in [-0.4, -0.2) is 40.5 Å². The first-order valence-electron chi connectivity index (χ1n) is 11.3. The molecule has 1 aliphatic rings. The van der Waals surface area contributed by atoms with Crippen LogP contribution < -0.4 is 14.8 Å². The number of alkyl halides is 3. The highest BCUT2D eigenvalue weighted by molar-refractivity contribution is 8.18. The fourth-order valence-electron chi connectivity index (χ4n) is 3.55. The van der Waals surface area contributed by atoms with Gasteiger partial charge in [0.15, 0.2) is 11.5 Å². The van der Waals surface area contributed by atoms with E-state index in [1.54, 1.807) is 30.3 Å². The van der Waals surface area contributed by atoms with Crippen molar-refractivity contribution in [1.82, 2.24) is 4.90 Å². The van der Waals surface area contributed by atoms with Crippen LogP contribution in [0, 0.1) is 10.1 Å². The summed E-state index contributed by atoms with van der Waals surface area (Å²) < 4.78 is 49.7. The van der Waals surface area contributed by atoms with E-state index in [0.29, 0.717) is 35.1 Å². The third kappa shape index (κ3) is 6.40. The van der Waals surface area contributed by atoms with Crippen LogP contribution in [0.25, 0.3) is 6.08 Å². The number of methoxy groups -OCH3 is 1. The molecule has 1 aliphatic heterocycles. The van der Waals surface area contributed by atoms with E-state index >= 15 is 0 Å². The van der Waals surface area contributed by atoms with E-state index in [4.69, 9.17) is 9.47 Å². The minimum atomic E-state index is -4.78. The maximum atomic E-state index is 13.0. The van der Waals surface area contributed by atoms with Gasteiger partial charge in [-0.05, 0) is 59.8 Å². The molecule has 4 rings (SSSR count). The summed E-state index contributed by atoms with van der Waals surface area (Å²) in [6, 6.07) is 14.5. The number of amides is 3. The Morgan fingerprint density at radius 2 is 1.75 bits per heavy atom. The molecule has 0 spiro atoms. The molecule has 0 bridgehead atoms. The Morgan fingerprint density at radius 1 is 1.05 bits per heavy atom. The molecular weight excluding hydrogens is 555 g/mol. The van der Waals surface area contributed by atoms with Gasteiger partial charge in [-0.2, -0.15) is 13.2 Å². The second-order valence-electron chi connectivity index (χ2n) is 8.13. The van der Waals surface area contributed by atoms with Crippen LogP contribution in [0.5, 0.6) is 17.2 Å². The molecule has 0 unspecified atom stereocenters. The molecule has 0 aromatic heterocycles. The van der Waals surface area contributed by atoms with E-state index in [0.717, 1.165) is 11.0 Å². The Bertz CT molecular complexity index is 1530. The molecule has 0 saturated carbocycles. The summed E-state index contributed by atoms with van der Waals surface area (Å²) in [7, 11) is 1.27.